The van der Waals surface area contributed by atoms with Crippen molar-refractivity contribution >= 4 is 46.9 Å². The monoisotopic (exact) mass is 320 g/mol. The molecule has 4 N–H and O–H groups in total. The van der Waals surface area contributed by atoms with E-state index in [1.165, 1.54) is 18.2 Å². The number of carboxylic acid groups (broad SMARTS) is 2. The predicted molar refractivity (Wildman–Crippen MR) is 72.3 cm³/mol. The minimum Gasteiger partial charge on any atom is -0.481 e. The fourth-order valence-electron chi connectivity index (χ4n) is 1.28. The molecule has 0 aromatic heterocycles. The van der Waals surface area contributed by atoms with E-state index in [0.717, 1.165) is 0 Å². The van der Waals surface area contributed by atoms with Crippen molar-refractivity contribution in [1.29, 1.82) is 0 Å². The van der Waals surface area contributed by atoms with Crippen molar-refractivity contribution in [1.82, 2.24) is 5.32 Å². The summed E-state index contributed by atoms with van der Waals surface area (Å²) < 4.78 is 0. The maximum absolute atomic E-state index is 11.6. The van der Waals surface area contributed by atoms with Crippen molar-refractivity contribution in [2.45, 2.75) is 12.5 Å². The zero-order valence-corrected chi connectivity index (χ0v) is 11.4. The standard InChI is InChI=1S/C11H10Cl2N2O5/c12-5-1-2-7(6(13)3-5)14-11(20)15-8(10(18)19)4-9(16)17/h1-3,8H,4H2,(H,16,17)(H,18,19)(H2,14,15,20)/t8-/m1/s1. The Bertz CT molecular complexity index is 550. The average molecular weight is 321 g/mol. The fraction of sp³-hybridized carbons (Fsp3) is 0.182. The van der Waals surface area contributed by atoms with Gasteiger partial charge >= 0.3 is 18.0 Å². The van der Waals surface area contributed by atoms with Crippen LogP contribution in [0.3, 0.4) is 0 Å². The first kappa shape index (κ1) is 16.1. The van der Waals surface area contributed by atoms with E-state index in [2.05, 4.69) is 5.32 Å². The van der Waals surface area contributed by atoms with Crippen LogP contribution >= 0.6 is 23.2 Å². The van der Waals surface area contributed by atoms with Gasteiger partial charge in [-0.15, -0.1) is 0 Å². The molecule has 0 bridgehead atoms. The Morgan fingerprint density at radius 2 is 1.85 bits per heavy atom. The molecule has 0 saturated carbocycles. The summed E-state index contributed by atoms with van der Waals surface area (Å²) in [4.78, 5) is 32.8. The average Bonchev–Trinajstić information content (AvgIpc) is 2.31. The number of halogens is 2. The maximum atomic E-state index is 11.6. The summed E-state index contributed by atoms with van der Waals surface area (Å²) in [6.45, 7) is 0. The second kappa shape index (κ2) is 6.97. The molecule has 9 heteroatoms. The number of hydrogen-bond donors (Lipinski definition) is 4. The Balaban J connectivity index is 2.70. The molecule has 1 atom stereocenters. The van der Waals surface area contributed by atoms with Crippen LogP contribution in [-0.4, -0.2) is 34.2 Å². The molecular formula is C11H10Cl2N2O5. The van der Waals surface area contributed by atoms with E-state index in [4.69, 9.17) is 33.4 Å². The van der Waals surface area contributed by atoms with Crippen LogP contribution in [0.4, 0.5) is 10.5 Å². The topological polar surface area (TPSA) is 116 Å². The molecule has 1 rings (SSSR count). The van der Waals surface area contributed by atoms with E-state index in [1.807, 2.05) is 5.32 Å². The number of carbonyl (C=O) groups excluding carboxylic acids is 1. The first-order chi connectivity index (χ1) is 9.29. The summed E-state index contributed by atoms with van der Waals surface area (Å²) in [5.74, 6) is -2.80. The van der Waals surface area contributed by atoms with Crippen LogP contribution in [-0.2, 0) is 9.59 Å². The van der Waals surface area contributed by atoms with Crippen LogP contribution < -0.4 is 10.6 Å². The second-order valence-corrected chi connectivity index (χ2v) is 4.55. The number of hydrogen-bond acceptors (Lipinski definition) is 3. The summed E-state index contributed by atoms with van der Waals surface area (Å²) in [7, 11) is 0. The lowest BCUT2D eigenvalue weighted by atomic mass is 10.2. The molecule has 0 aliphatic carbocycles. The summed E-state index contributed by atoms with van der Waals surface area (Å²) in [6, 6.07) is 1.87. The highest BCUT2D eigenvalue weighted by Crippen LogP contribution is 2.25. The Morgan fingerprint density at radius 1 is 1.20 bits per heavy atom. The molecule has 1 aromatic rings. The molecule has 20 heavy (non-hydrogen) atoms. The molecule has 0 fully saturated rings. The Hall–Kier alpha value is -1.99. The van der Waals surface area contributed by atoms with Crippen molar-refractivity contribution < 1.29 is 24.6 Å². The van der Waals surface area contributed by atoms with Gasteiger partial charge in [0.15, 0.2) is 0 Å². The molecule has 0 heterocycles. The van der Waals surface area contributed by atoms with Crippen LogP contribution in [0.1, 0.15) is 6.42 Å². The smallest absolute Gasteiger partial charge is 0.326 e. The van der Waals surface area contributed by atoms with Crippen molar-refractivity contribution in [2.24, 2.45) is 0 Å². The molecule has 108 valence electrons. The van der Waals surface area contributed by atoms with E-state index in [9.17, 15) is 14.4 Å². The van der Waals surface area contributed by atoms with Crippen LogP contribution in [0, 0.1) is 0 Å². The van der Waals surface area contributed by atoms with Gasteiger partial charge in [-0.05, 0) is 18.2 Å². The van der Waals surface area contributed by atoms with Crippen molar-refractivity contribution in [2.75, 3.05) is 5.32 Å². The molecule has 0 unspecified atom stereocenters. The second-order valence-electron chi connectivity index (χ2n) is 3.71. The lowest BCUT2D eigenvalue weighted by Crippen LogP contribution is -2.44. The maximum Gasteiger partial charge on any atom is 0.326 e. The summed E-state index contributed by atoms with van der Waals surface area (Å²) in [6.07, 6.45) is -0.739. The Morgan fingerprint density at radius 3 is 2.35 bits per heavy atom. The number of amides is 2. The highest BCUT2D eigenvalue weighted by molar-refractivity contribution is 6.36. The third-order valence-electron chi connectivity index (χ3n) is 2.16. The van der Waals surface area contributed by atoms with Crippen molar-refractivity contribution in [3.8, 4) is 0 Å². The fourth-order valence-corrected chi connectivity index (χ4v) is 1.74. The minimum absolute atomic E-state index is 0.165. The zero-order chi connectivity index (χ0) is 15.3. The normalized spacial score (nSPS) is 11.5. The van der Waals surface area contributed by atoms with Gasteiger partial charge in [0.1, 0.15) is 6.04 Å². The first-order valence-electron chi connectivity index (χ1n) is 5.26. The molecule has 1 aromatic carbocycles. The van der Waals surface area contributed by atoms with Crippen LogP contribution in [0.25, 0.3) is 0 Å². The van der Waals surface area contributed by atoms with Crippen LogP contribution in [0.5, 0.6) is 0 Å². The van der Waals surface area contributed by atoms with Gasteiger partial charge in [0.25, 0.3) is 0 Å². The van der Waals surface area contributed by atoms with Crippen molar-refractivity contribution in [3.05, 3.63) is 28.2 Å². The molecule has 2 amide bonds. The summed E-state index contributed by atoms with van der Waals surface area (Å²) >= 11 is 11.5. The van der Waals surface area contributed by atoms with Crippen LogP contribution in [0.15, 0.2) is 18.2 Å². The van der Waals surface area contributed by atoms with Gasteiger partial charge in [0, 0.05) is 5.02 Å². The predicted octanol–water partition coefficient (Wildman–Crippen LogP) is 2.04. The van der Waals surface area contributed by atoms with Gasteiger partial charge in [-0.3, -0.25) is 4.79 Å². The number of rotatable bonds is 5. The lowest BCUT2D eigenvalue weighted by molar-refractivity contribution is -0.145. The van der Waals surface area contributed by atoms with Gasteiger partial charge in [-0.1, -0.05) is 23.2 Å². The van der Waals surface area contributed by atoms with E-state index >= 15 is 0 Å². The molecule has 7 nitrogen and oxygen atoms in total. The lowest BCUT2D eigenvalue weighted by Gasteiger charge is -2.14. The van der Waals surface area contributed by atoms with Crippen molar-refractivity contribution in [3.63, 3.8) is 0 Å². The zero-order valence-electron chi connectivity index (χ0n) is 9.89. The van der Waals surface area contributed by atoms with E-state index < -0.39 is 30.4 Å². The Kier molecular flexibility index (Phi) is 5.60. The molecule has 0 saturated heterocycles. The molecular weight excluding hydrogens is 311 g/mol. The highest BCUT2D eigenvalue weighted by Gasteiger charge is 2.23. The number of urea groups is 1. The third kappa shape index (κ3) is 4.94. The number of nitrogens with one attached hydrogen (secondary N) is 2. The summed E-state index contributed by atoms with van der Waals surface area (Å²) in [5.41, 5.74) is 0.216. The Labute approximate surface area is 123 Å². The molecule has 0 aliphatic rings. The van der Waals surface area contributed by atoms with Gasteiger partial charge in [-0.2, -0.15) is 0 Å². The summed E-state index contributed by atoms with van der Waals surface area (Å²) in [5, 5.41) is 22.2. The van der Waals surface area contributed by atoms with Crippen LogP contribution in [0.2, 0.25) is 10.0 Å². The number of benzene rings is 1. The van der Waals surface area contributed by atoms with E-state index in [-0.39, 0.29) is 10.7 Å². The number of aliphatic carboxylic acids is 2. The van der Waals surface area contributed by atoms with Gasteiger partial charge < -0.3 is 20.8 Å². The molecule has 0 spiro atoms. The molecule has 0 radical (unpaired) electrons. The van der Waals surface area contributed by atoms with E-state index in [0.29, 0.717) is 5.02 Å². The largest absolute Gasteiger partial charge is 0.481 e. The number of carboxylic acids is 2. The quantitative estimate of drug-likeness (QED) is 0.662. The van der Waals surface area contributed by atoms with Gasteiger partial charge in [0.2, 0.25) is 0 Å². The number of anilines is 1. The minimum atomic E-state index is -1.54. The number of carbonyl (C=O) groups is 3. The third-order valence-corrected chi connectivity index (χ3v) is 2.71. The van der Waals surface area contributed by atoms with E-state index in [1.54, 1.807) is 0 Å². The van der Waals surface area contributed by atoms with Gasteiger partial charge in [-0.25, -0.2) is 9.59 Å². The molecule has 0 aliphatic heterocycles. The first-order valence-corrected chi connectivity index (χ1v) is 6.02. The van der Waals surface area contributed by atoms with Gasteiger partial charge in [0.05, 0.1) is 17.1 Å². The highest BCUT2D eigenvalue weighted by atomic mass is 35.5. The SMILES string of the molecule is O=C(O)C[C@@H](NC(=O)Nc1ccc(Cl)cc1Cl)C(=O)O.